The van der Waals surface area contributed by atoms with E-state index >= 15 is 0 Å². The summed E-state index contributed by atoms with van der Waals surface area (Å²) in [6, 6.07) is 14.1. The van der Waals surface area contributed by atoms with E-state index < -0.39 is 0 Å². The molecule has 2 aromatic rings. The van der Waals surface area contributed by atoms with E-state index in [2.05, 4.69) is 31.3 Å². The van der Waals surface area contributed by atoms with Crippen LogP contribution in [0.4, 0.5) is 5.69 Å². The van der Waals surface area contributed by atoms with Crippen LogP contribution in [0.3, 0.4) is 0 Å². The minimum atomic E-state index is -0.164. The Labute approximate surface area is 107 Å². The fourth-order valence-electron chi connectivity index (χ4n) is 2.78. The second-order valence-corrected chi connectivity index (χ2v) is 4.81. The van der Waals surface area contributed by atoms with Gasteiger partial charge in [0.05, 0.1) is 5.92 Å². The van der Waals surface area contributed by atoms with E-state index in [0.717, 1.165) is 16.8 Å². The summed E-state index contributed by atoms with van der Waals surface area (Å²) in [6.07, 6.45) is 0. The molecule has 1 heterocycles. The maximum absolute atomic E-state index is 12.2. The van der Waals surface area contributed by atoms with Crippen LogP contribution in [-0.4, -0.2) is 5.91 Å². The Morgan fingerprint density at radius 2 is 1.61 bits per heavy atom. The van der Waals surface area contributed by atoms with E-state index in [-0.39, 0.29) is 11.8 Å². The number of hydrogen-bond acceptors (Lipinski definition) is 1. The highest BCUT2D eigenvalue weighted by Crippen LogP contribution is 2.39. The topological polar surface area (TPSA) is 29.1 Å². The van der Waals surface area contributed by atoms with Crippen molar-refractivity contribution in [3.8, 4) is 0 Å². The summed E-state index contributed by atoms with van der Waals surface area (Å²) in [5, 5.41) is 2.96. The Kier molecular flexibility index (Phi) is 2.44. The number of para-hydroxylation sites is 1. The number of nitrogens with one attached hydrogen (secondary N) is 1. The molecule has 2 nitrogen and oxygen atoms in total. The molecule has 18 heavy (non-hydrogen) atoms. The second kappa shape index (κ2) is 3.98. The van der Waals surface area contributed by atoms with Crippen molar-refractivity contribution in [3.05, 3.63) is 64.7 Å². The lowest BCUT2D eigenvalue weighted by atomic mass is 9.86. The van der Waals surface area contributed by atoms with Crippen LogP contribution in [0.5, 0.6) is 0 Å². The smallest absolute Gasteiger partial charge is 0.236 e. The van der Waals surface area contributed by atoms with Gasteiger partial charge in [-0.2, -0.15) is 0 Å². The molecule has 0 fully saturated rings. The third kappa shape index (κ3) is 1.53. The normalized spacial score (nSPS) is 17.4. The molecular formula is C16H15NO. The SMILES string of the molecule is Cc1cccc(C)c1C1C(=O)Nc2ccccc21. The molecule has 1 N–H and O–H groups in total. The van der Waals surface area contributed by atoms with Gasteiger partial charge < -0.3 is 5.32 Å². The van der Waals surface area contributed by atoms with E-state index in [9.17, 15) is 4.79 Å². The van der Waals surface area contributed by atoms with Crippen LogP contribution in [0.25, 0.3) is 0 Å². The van der Waals surface area contributed by atoms with Gasteiger partial charge in [-0.25, -0.2) is 0 Å². The predicted octanol–water partition coefficient (Wildman–Crippen LogP) is 3.39. The van der Waals surface area contributed by atoms with Crippen LogP contribution in [0.1, 0.15) is 28.2 Å². The van der Waals surface area contributed by atoms with Gasteiger partial charge in [0.25, 0.3) is 0 Å². The Morgan fingerprint density at radius 1 is 0.944 bits per heavy atom. The van der Waals surface area contributed by atoms with Gasteiger partial charge in [0.15, 0.2) is 0 Å². The highest BCUT2D eigenvalue weighted by atomic mass is 16.2. The zero-order valence-corrected chi connectivity index (χ0v) is 10.5. The predicted molar refractivity (Wildman–Crippen MR) is 72.8 cm³/mol. The number of benzene rings is 2. The quantitative estimate of drug-likeness (QED) is 0.809. The molecule has 0 spiro atoms. The Morgan fingerprint density at radius 3 is 2.33 bits per heavy atom. The molecule has 2 heteroatoms. The van der Waals surface area contributed by atoms with Gasteiger partial charge in [0.1, 0.15) is 0 Å². The standard InChI is InChI=1S/C16H15NO/c1-10-6-5-7-11(2)14(10)15-12-8-3-4-9-13(12)17-16(15)18/h3-9,15H,1-2H3,(H,17,18). The first kappa shape index (κ1) is 11.0. The molecule has 1 amide bonds. The van der Waals surface area contributed by atoms with Crippen LogP contribution in [0, 0.1) is 13.8 Å². The number of amides is 1. The summed E-state index contributed by atoms with van der Waals surface area (Å²) in [5.41, 5.74) is 5.51. The minimum Gasteiger partial charge on any atom is -0.325 e. The third-order valence-electron chi connectivity index (χ3n) is 3.62. The van der Waals surface area contributed by atoms with Crippen molar-refractivity contribution < 1.29 is 4.79 Å². The van der Waals surface area contributed by atoms with Crippen LogP contribution in [0.2, 0.25) is 0 Å². The third-order valence-corrected chi connectivity index (χ3v) is 3.62. The Bertz CT molecular complexity index is 610. The first-order valence-corrected chi connectivity index (χ1v) is 6.14. The second-order valence-electron chi connectivity index (χ2n) is 4.81. The first-order valence-electron chi connectivity index (χ1n) is 6.14. The maximum Gasteiger partial charge on any atom is 0.236 e. The number of fused-ring (bicyclic) bond motifs is 1. The first-order chi connectivity index (χ1) is 8.68. The number of aryl methyl sites for hydroxylation is 2. The summed E-state index contributed by atoms with van der Waals surface area (Å²) in [6.45, 7) is 4.13. The highest BCUT2D eigenvalue weighted by molar-refractivity contribution is 6.05. The van der Waals surface area contributed by atoms with E-state index in [4.69, 9.17) is 0 Å². The molecular weight excluding hydrogens is 222 g/mol. The van der Waals surface area contributed by atoms with Crippen molar-refractivity contribution in [1.82, 2.24) is 0 Å². The van der Waals surface area contributed by atoms with E-state index in [1.165, 1.54) is 11.1 Å². The van der Waals surface area contributed by atoms with Crippen molar-refractivity contribution in [1.29, 1.82) is 0 Å². The van der Waals surface area contributed by atoms with Crippen LogP contribution < -0.4 is 5.32 Å². The largest absolute Gasteiger partial charge is 0.325 e. The molecule has 0 saturated heterocycles. The number of carbonyl (C=O) groups is 1. The van der Waals surface area contributed by atoms with Gasteiger partial charge in [-0.05, 0) is 42.2 Å². The number of rotatable bonds is 1. The summed E-state index contributed by atoms with van der Waals surface area (Å²) < 4.78 is 0. The van der Waals surface area contributed by atoms with Gasteiger partial charge in [-0.15, -0.1) is 0 Å². The summed E-state index contributed by atoms with van der Waals surface area (Å²) in [5.74, 6) is -0.0870. The lowest BCUT2D eigenvalue weighted by molar-refractivity contribution is -0.116. The van der Waals surface area contributed by atoms with Crippen molar-refractivity contribution in [3.63, 3.8) is 0 Å². The molecule has 1 unspecified atom stereocenters. The zero-order valence-electron chi connectivity index (χ0n) is 10.5. The van der Waals surface area contributed by atoms with E-state index in [0.29, 0.717) is 0 Å². The van der Waals surface area contributed by atoms with E-state index in [1.54, 1.807) is 0 Å². The van der Waals surface area contributed by atoms with Gasteiger partial charge in [-0.1, -0.05) is 36.4 Å². The van der Waals surface area contributed by atoms with Crippen LogP contribution >= 0.6 is 0 Å². The highest BCUT2D eigenvalue weighted by Gasteiger charge is 2.33. The van der Waals surface area contributed by atoms with Crippen LogP contribution in [-0.2, 0) is 4.79 Å². The van der Waals surface area contributed by atoms with Gasteiger partial charge in [0, 0.05) is 5.69 Å². The van der Waals surface area contributed by atoms with E-state index in [1.807, 2.05) is 30.3 Å². The number of carbonyl (C=O) groups excluding carboxylic acids is 1. The van der Waals surface area contributed by atoms with Crippen molar-refractivity contribution in [2.45, 2.75) is 19.8 Å². The molecule has 0 aromatic heterocycles. The number of hydrogen-bond donors (Lipinski definition) is 1. The summed E-state index contributed by atoms with van der Waals surface area (Å²) >= 11 is 0. The van der Waals surface area contributed by atoms with Crippen molar-refractivity contribution in [2.24, 2.45) is 0 Å². The fraction of sp³-hybridized carbons (Fsp3) is 0.188. The molecule has 1 atom stereocenters. The molecule has 0 aliphatic carbocycles. The molecule has 90 valence electrons. The van der Waals surface area contributed by atoms with Gasteiger partial charge in [0.2, 0.25) is 5.91 Å². The molecule has 3 rings (SSSR count). The number of anilines is 1. The molecule has 0 saturated carbocycles. The molecule has 0 bridgehead atoms. The Hall–Kier alpha value is -2.09. The van der Waals surface area contributed by atoms with Gasteiger partial charge in [-0.3, -0.25) is 4.79 Å². The fourth-order valence-corrected chi connectivity index (χ4v) is 2.78. The summed E-state index contributed by atoms with van der Waals surface area (Å²) in [4.78, 5) is 12.2. The lowest BCUT2D eigenvalue weighted by Crippen LogP contribution is -2.15. The van der Waals surface area contributed by atoms with Crippen molar-refractivity contribution >= 4 is 11.6 Å². The maximum atomic E-state index is 12.2. The molecule has 1 aliphatic rings. The molecule has 1 aliphatic heterocycles. The monoisotopic (exact) mass is 237 g/mol. The minimum absolute atomic E-state index is 0.0774. The Balaban J connectivity index is 2.21. The molecule has 0 radical (unpaired) electrons. The zero-order chi connectivity index (χ0) is 12.7. The van der Waals surface area contributed by atoms with Crippen molar-refractivity contribution in [2.75, 3.05) is 5.32 Å². The average Bonchev–Trinajstić information content (AvgIpc) is 2.66. The molecule has 2 aromatic carbocycles. The summed E-state index contributed by atoms with van der Waals surface area (Å²) in [7, 11) is 0. The van der Waals surface area contributed by atoms with Crippen LogP contribution in [0.15, 0.2) is 42.5 Å². The average molecular weight is 237 g/mol. The van der Waals surface area contributed by atoms with Gasteiger partial charge >= 0.3 is 0 Å². The lowest BCUT2D eigenvalue weighted by Gasteiger charge is -2.15.